The Balaban J connectivity index is 1.67. The highest BCUT2D eigenvalue weighted by atomic mass is 15.4. The van der Waals surface area contributed by atoms with Gasteiger partial charge in [0.05, 0.1) is 0 Å². The third-order valence-corrected chi connectivity index (χ3v) is 4.07. The third-order valence-electron chi connectivity index (χ3n) is 4.07. The molecule has 0 saturated carbocycles. The highest BCUT2D eigenvalue weighted by Gasteiger charge is 2.21. The molecule has 0 aromatic carbocycles. The fourth-order valence-corrected chi connectivity index (χ4v) is 2.95. The molecular formula is C13H22N4. The van der Waals surface area contributed by atoms with E-state index in [1.807, 2.05) is 0 Å². The van der Waals surface area contributed by atoms with Crippen LogP contribution in [0.25, 0.3) is 0 Å². The summed E-state index contributed by atoms with van der Waals surface area (Å²) in [6, 6.07) is 0. The fourth-order valence-electron chi connectivity index (χ4n) is 2.95. The van der Waals surface area contributed by atoms with E-state index in [0.29, 0.717) is 0 Å². The summed E-state index contributed by atoms with van der Waals surface area (Å²) in [5, 5.41) is 8.09. The summed E-state index contributed by atoms with van der Waals surface area (Å²) in [4.78, 5) is 4.71. The third kappa shape index (κ3) is 2.51. The van der Waals surface area contributed by atoms with Gasteiger partial charge in [-0.3, -0.25) is 0 Å². The van der Waals surface area contributed by atoms with Crippen molar-refractivity contribution in [2.45, 2.75) is 45.6 Å². The van der Waals surface area contributed by atoms with Gasteiger partial charge in [0.25, 0.3) is 0 Å². The van der Waals surface area contributed by atoms with Crippen molar-refractivity contribution in [1.29, 1.82) is 0 Å². The minimum atomic E-state index is 0.760. The van der Waals surface area contributed by atoms with Gasteiger partial charge >= 0.3 is 0 Å². The molecule has 1 N–H and O–H groups in total. The first-order valence-electron chi connectivity index (χ1n) is 6.94. The maximum absolute atomic E-state index is 4.71. The molecule has 3 rings (SSSR count). The topological polar surface area (TPSA) is 42.7 Å². The molecule has 1 saturated heterocycles. The molecular weight excluding hydrogens is 212 g/mol. The van der Waals surface area contributed by atoms with Gasteiger partial charge in [-0.1, -0.05) is 6.92 Å². The SMILES string of the molecule is CC1CCc2nc(CC3CCNCC3)nn2C1. The molecule has 1 atom stereocenters. The van der Waals surface area contributed by atoms with Crippen LogP contribution in [0.2, 0.25) is 0 Å². The first-order valence-corrected chi connectivity index (χ1v) is 6.94. The Morgan fingerprint density at radius 3 is 2.94 bits per heavy atom. The predicted octanol–water partition coefficient (Wildman–Crippen LogP) is 1.40. The van der Waals surface area contributed by atoms with Crippen LogP contribution in [0.1, 0.15) is 37.8 Å². The van der Waals surface area contributed by atoms with Gasteiger partial charge in [-0.05, 0) is 44.2 Å². The van der Waals surface area contributed by atoms with Crippen LogP contribution in [-0.2, 0) is 19.4 Å². The molecule has 4 heteroatoms. The first-order chi connectivity index (χ1) is 8.31. The highest BCUT2D eigenvalue weighted by molar-refractivity contribution is 4.98. The molecule has 4 nitrogen and oxygen atoms in total. The van der Waals surface area contributed by atoms with Gasteiger partial charge in [0, 0.05) is 19.4 Å². The van der Waals surface area contributed by atoms with Crippen LogP contribution < -0.4 is 5.32 Å². The van der Waals surface area contributed by atoms with Crippen molar-refractivity contribution in [3.8, 4) is 0 Å². The van der Waals surface area contributed by atoms with Crippen molar-refractivity contribution >= 4 is 0 Å². The number of piperidine rings is 1. The Labute approximate surface area is 103 Å². The lowest BCUT2D eigenvalue weighted by atomic mass is 9.94. The number of fused-ring (bicyclic) bond motifs is 1. The minimum absolute atomic E-state index is 0.760. The zero-order valence-corrected chi connectivity index (χ0v) is 10.7. The molecule has 17 heavy (non-hydrogen) atoms. The van der Waals surface area contributed by atoms with E-state index in [9.17, 15) is 0 Å². The quantitative estimate of drug-likeness (QED) is 0.841. The summed E-state index contributed by atoms with van der Waals surface area (Å²) in [5.41, 5.74) is 0. The molecule has 2 aliphatic rings. The first kappa shape index (κ1) is 11.2. The van der Waals surface area contributed by atoms with Gasteiger partial charge in [-0.2, -0.15) is 5.10 Å². The number of hydrogen-bond acceptors (Lipinski definition) is 3. The molecule has 1 fully saturated rings. The second-order valence-corrected chi connectivity index (χ2v) is 5.67. The number of aromatic nitrogens is 3. The van der Waals surface area contributed by atoms with Crippen molar-refractivity contribution < 1.29 is 0 Å². The second-order valence-electron chi connectivity index (χ2n) is 5.67. The Bertz CT molecular complexity index is 379. The van der Waals surface area contributed by atoms with Gasteiger partial charge in [-0.25, -0.2) is 9.67 Å². The van der Waals surface area contributed by atoms with E-state index in [-0.39, 0.29) is 0 Å². The summed E-state index contributed by atoms with van der Waals surface area (Å²) in [6.07, 6.45) is 6.02. The average Bonchev–Trinajstić information content (AvgIpc) is 2.71. The van der Waals surface area contributed by atoms with E-state index in [4.69, 9.17) is 4.98 Å². The monoisotopic (exact) mass is 234 g/mol. The molecule has 3 heterocycles. The lowest BCUT2D eigenvalue weighted by Gasteiger charge is -2.21. The van der Waals surface area contributed by atoms with Crippen LogP contribution in [0.4, 0.5) is 0 Å². The number of nitrogens with one attached hydrogen (secondary N) is 1. The standard InChI is InChI=1S/C13H22N4/c1-10-2-3-13-15-12(16-17(13)9-10)8-11-4-6-14-7-5-11/h10-11,14H,2-9H2,1H3. The van der Waals surface area contributed by atoms with E-state index in [1.54, 1.807) is 0 Å². The zero-order valence-electron chi connectivity index (χ0n) is 10.7. The van der Waals surface area contributed by atoms with Gasteiger partial charge in [-0.15, -0.1) is 0 Å². The molecule has 0 radical (unpaired) electrons. The normalized spacial score (nSPS) is 25.8. The van der Waals surface area contributed by atoms with E-state index < -0.39 is 0 Å². The number of rotatable bonds is 2. The summed E-state index contributed by atoms with van der Waals surface area (Å²) in [6.45, 7) is 5.69. The molecule has 0 amide bonds. The summed E-state index contributed by atoms with van der Waals surface area (Å²) < 4.78 is 2.14. The average molecular weight is 234 g/mol. The summed E-state index contributed by atoms with van der Waals surface area (Å²) >= 11 is 0. The number of nitrogens with zero attached hydrogens (tertiary/aromatic N) is 3. The van der Waals surface area contributed by atoms with Gasteiger partial charge in [0.1, 0.15) is 5.82 Å². The summed E-state index contributed by atoms with van der Waals surface area (Å²) in [5.74, 6) is 3.85. The Kier molecular flexibility index (Phi) is 3.14. The predicted molar refractivity (Wildman–Crippen MR) is 66.8 cm³/mol. The molecule has 1 aromatic rings. The molecule has 2 aliphatic heterocycles. The van der Waals surface area contributed by atoms with Gasteiger partial charge < -0.3 is 5.32 Å². The molecule has 1 unspecified atom stereocenters. The lowest BCUT2D eigenvalue weighted by Crippen LogP contribution is -2.28. The van der Waals surface area contributed by atoms with Crippen LogP contribution in [0.5, 0.6) is 0 Å². The fraction of sp³-hybridized carbons (Fsp3) is 0.846. The van der Waals surface area contributed by atoms with Crippen LogP contribution >= 0.6 is 0 Å². The molecule has 1 aromatic heterocycles. The molecule has 94 valence electrons. The van der Waals surface area contributed by atoms with Crippen molar-refractivity contribution in [3.05, 3.63) is 11.6 Å². The Morgan fingerprint density at radius 2 is 2.12 bits per heavy atom. The van der Waals surface area contributed by atoms with Gasteiger partial charge in [0.2, 0.25) is 0 Å². The van der Waals surface area contributed by atoms with Crippen LogP contribution in [0, 0.1) is 11.8 Å². The number of hydrogen-bond donors (Lipinski definition) is 1. The largest absolute Gasteiger partial charge is 0.317 e. The van der Waals surface area contributed by atoms with Crippen LogP contribution in [0.3, 0.4) is 0 Å². The zero-order chi connectivity index (χ0) is 11.7. The van der Waals surface area contributed by atoms with Crippen LogP contribution in [0.15, 0.2) is 0 Å². The van der Waals surface area contributed by atoms with Crippen molar-refractivity contribution in [3.63, 3.8) is 0 Å². The minimum Gasteiger partial charge on any atom is -0.317 e. The maximum Gasteiger partial charge on any atom is 0.151 e. The van der Waals surface area contributed by atoms with Crippen molar-refractivity contribution in [1.82, 2.24) is 20.1 Å². The summed E-state index contributed by atoms with van der Waals surface area (Å²) in [7, 11) is 0. The van der Waals surface area contributed by atoms with E-state index in [1.165, 1.54) is 25.1 Å². The van der Waals surface area contributed by atoms with E-state index >= 15 is 0 Å². The van der Waals surface area contributed by atoms with Crippen molar-refractivity contribution in [2.75, 3.05) is 13.1 Å². The lowest BCUT2D eigenvalue weighted by molar-refractivity contribution is 0.358. The molecule has 0 aliphatic carbocycles. The maximum atomic E-state index is 4.71. The molecule has 0 spiro atoms. The van der Waals surface area contributed by atoms with Crippen molar-refractivity contribution in [2.24, 2.45) is 11.8 Å². The van der Waals surface area contributed by atoms with Gasteiger partial charge in [0.15, 0.2) is 5.82 Å². The highest BCUT2D eigenvalue weighted by Crippen LogP contribution is 2.20. The Morgan fingerprint density at radius 1 is 1.29 bits per heavy atom. The number of aryl methyl sites for hydroxylation is 1. The molecule has 0 bridgehead atoms. The Hall–Kier alpha value is -0.900. The van der Waals surface area contributed by atoms with E-state index in [2.05, 4.69) is 22.0 Å². The second kappa shape index (κ2) is 4.77. The van der Waals surface area contributed by atoms with E-state index in [0.717, 1.165) is 50.1 Å². The van der Waals surface area contributed by atoms with Crippen LogP contribution in [-0.4, -0.2) is 27.9 Å². The smallest absolute Gasteiger partial charge is 0.151 e.